The Kier molecular flexibility index (Phi) is 4.13. The minimum atomic E-state index is 0.470. The fourth-order valence-corrected chi connectivity index (χ4v) is 2.89. The van der Waals surface area contributed by atoms with Crippen molar-refractivity contribution in [3.05, 3.63) is 59.6 Å². The first kappa shape index (κ1) is 15.3. The molecule has 0 aliphatic carbocycles. The molecule has 0 aliphatic rings. The van der Waals surface area contributed by atoms with E-state index in [0.717, 1.165) is 16.5 Å². The number of thiophene rings is 1. The maximum atomic E-state index is 5.15. The Balaban J connectivity index is 1.43. The Bertz CT molecular complexity index is 960. The summed E-state index contributed by atoms with van der Waals surface area (Å²) in [7, 11) is 0. The van der Waals surface area contributed by atoms with Crippen molar-refractivity contribution in [1.82, 2.24) is 24.9 Å². The zero-order valence-electron chi connectivity index (χ0n) is 13.4. The summed E-state index contributed by atoms with van der Waals surface area (Å²) in [5.41, 5.74) is 0.842. The van der Waals surface area contributed by atoms with E-state index in [1.54, 1.807) is 23.6 Å². The van der Waals surface area contributed by atoms with E-state index >= 15 is 0 Å². The van der Waals surface area contributed by atoms with Crippen LogP contribution in [0, 0.1) is 6.92 Å². The zero-order chi connectivity index (χ0) is 17.1. The van der Waals surface area contributed by atoms with Crippen molar-refractivity contribution in [2.75, 3.05) is 10.6 Å². The fraction of sp³-hybridized carbons (Fsp3) is 0.125. The molecule has 8 nitrogen and oxygen atoms in total. The van der Waals surface area contributed by atoms with Crippen LogP contribution in [0.2, 0.25) is 0 Å². The summed E-state index contributed by atoms with van der Waals surface area (Å²) in [4.78, 5) is 8.62. The summed E-state index contributed by atoms with van der Waals surface area (Å²) in [6, 6.07) is 9.55. The third kappa shape index (κ3) is 3.66. The highest BCUT2D eigenvalue weighted by Gasteiger charge is 2.06. The second kappa shape index (κ2) is 6.73. The Morgan fingerprint density at radius 2 is 2.20 bits per heavy atom. The molecule has 0 aromatic carbocycles. The smallest absolute Gasteiger partial charge is 0.224 e. The monoisotopic (exact) mass is 353 g/mol. The molecule has 4 aromatic rings. The van der Waals surface area contributed by atoms with Gasteiger partial charge in [-0.05, 0) is 30.5 Å². The second-order valence-electron chi connectivity index (χ2n) is 5.28. The fourth-order valence-electron chi connectivity index (χ4n) is 2.22. The van der Waals surface area contributed by atoms with E-state index in [1.165, 1.54) is 0 Å². The van der Waals surface area contributed by atoms with Crippen molar-refractivity contribution < 1.29 is 4.52 Å². The lowest BCUT2D eigenvalue weighted by atomic mass is 10.4. The van der Waals surface area contributed by atoms with E-state index in [2.05, 4.69) is 30.9 Å². The Morgan fingerprint density at radius 1 is 1.24 bits per heavy atom. The van der Waals surface area contributed by atoms with Crippen LogP contribution in [0.4, 0.5) is 17.6 Å². The molecule has 0 atom stereocenters. The van der Waals surface area contributed by atoms with Crippen molar-refractivity contribution in [1.29, 1.82) is 0 Å². The standard InChI is InChI=1S/C16H15N7OS/c1-11-9-12(24-22-11)10-18-16-17-6-4-13(20-16)19-14-5-7-23(21-14)15-3-2-8-25-15/h2-9H,10H2,1H3,(H2,17,18,19,20,21). The largest absolute Gasteiger partial charge is 0.359 e. The summed E-state index contributed by atoms with van der Waals surface area (Å²) in [6.07, 6.45) is 3.58. The van der Waals surface area contributed by atoms with Crippen LogP contribution >= 0.6 is 11.3 Å². The first-order chi connectivity index (χ1) is 12.3. The van der Waals surface area contributed by atoms with E-state index in [0.29, 0.717) is 24.1 Å². The number of aromatic nitrogens is 5. The van der Waals surface area contributed by atoms with Crippen LogP contribution in [0.1, 0.15) is 11.5 Å². The van der Waals surface area contributed by atoms with Gasteiger partial charge >= 0.3 is 0 Å². The minimum absolute atomic E-state index is 0.470. The van der Waals surface area contributed by atoms with E-state index in [9.17, 15) is 0 Å². The first-order valence-corrected chi connectivity index (χ1v) is 8.50. The van der Waals surface area contributed by atoms with Gasteiger partial charge in [-0.1, -0.05) is 5.16 Å². The van der Waals surface area contributed by atoms with Crippen molar-refractivity contribution >= 4 is 28.9 Å². The lowest BCUT2D eigenvalue weighted by Crippen LogP contribution is -2.04. The summed E-state index contributed by atoms with van der Waals surface area (Å²) in [5, 5.41) is 17.7. The normalized spacial score (nSPS) is 10.8. The molecular weight excluding hydrogens is 338 g/mol. The molecule has 4 rings (SSSR count). The van der Waals surface area contributed by atoms with Crippen LogP contribution in [0.25, 0.3) is 5.00 Å². The molecule has 0 fully saturated rings. The minimum Gasteiger partial charge on any atom is -0.359 e. The van der Waals surface area contributed by atoms with Gasteiger partial charge in [0.25, 0.3) is 0 Å². The highest BCUT2D eigenvalue weighted by atomic mass is 32.1. The maximum absolute atomic E-state index is 5.15. The quantitative estimate of drug-likeness (QED) is 0.549. The van der Waals surface area contributed by atoms with Crippen LogP contribution in [-0.4, -0.2) is 24.9 Å². The van der Waals surface area contributed by atoms with Gasteiger partial charge in [0.1, 0.15) is 10.8 Å². The van der Waals surface area contributed by atoms with Crippen molar-refractivity contribution in [2.24, 2.45) is 0 Å². The van der Waals surface area contributed by atoms with Gasteiger partial charge < -0.3 is 15.2 Å². The molecular formula is C16H15N7OS. The van der Waals surface area contributed by atoms with Crippen LogP contribution < -0.4 is 10.6 Å². The number of rotatable bonds is 6. The Hall–Kier alpha value is -3.20. The van der Waals surface area contributed by atoms with Gasteiger partial charge in [-0.3, -0.25) is 0 Å². The maximum Gasteiger partial charge on any atom is 0.224 e. The number of aryl methyl sites for hydroxylation is 1. The molecule has 0 amide bonds. The van der Waals surface area contributed by atoms with Crippen molar-refractivity contribution in [3.8, 4) is 5.00 Å². The highest BCUT2D eigenvalue weighted by molar-refractivity contribution is 7.12. The van der Waals surface area contributed by atoms with Gasteiger partial charge in [0.05, 0.1) is 12.2 Å². The molecule has 0 spiro atoms. The third-order valence-electron chi connectivity index (χ3n) is 3.33. The molecule has 0 aliphatic heterocycles. The van der Waals surface area contributed by atoms with Gasteiger partial charge in [-0.2, -0.15) is 4.98 Å². The number of nitrogens with one attached hydrogen (secondary N) is 2. The Labute approximate surface area is 147 Å². The number of hydrogen-bond acceptors (Lipinski definition) is 8. The molecule has 0 unspecified atom stereocenters. The third-order valence-corrected chi connectivity index (χ3v) is 4.19. The summed E-state index contributed by atoms with van der Waals surface area (Å²) in [6.45, 7) is 2.35. The predicted octanol–water partition coefficient (Wildman–Crippen LogP) is 3.38. The number of nitrogens with zero attached hydrogens (tertiary/aromatic N) is 5. The number of anilines is 3. The van der Waals surface area contributed by atoms with Gasteiger partial charge in [-0.25, -0.2) is 9.67 Å². The molecule has 25 heavy (non-hydrogen) atoms. The van der Waals surface area contributed by atoms with Gasteiger partial charge in [0.2, 0.25) is 5.95 Å². The molecule has 0 radical (unpaired) electrons. The molecule has 9 heteroatoms. The lowest BCUT2D eigenvalue weighted by molar-refractivity contribution is 0.384. The van der Waals surface area contributed by atoms with Crippen molar-refractivity contribution in [2.45, 2.75) is 13.5 Å². The van der Waals surface area contributed by atoms with Gasteiger partial charge in [-0.15, -0.1) is 16.4 Å². The average molecular weight is 353 g/mol. The molecule has 2 N–H and O–H groups in total. The molecule has 126 valence electrons. The first-order valence-electron chi connectivity index (χ1n) is 7.62. The van der Waals surface area contributed by atoms with Gasteiger partial charge in [0, 0.05) is 24.5 Å². The van der Waals surface area contributed by atoms with E-state index in [4.69, 9.17) is 4.52 Å². The van der Waals surface area contributed by atoms with Crippen LogP contribution in [0.5, 0.6) is 0 Å². The summed E-state index contributed by atoms with van der Waals surface area (Å²) >= 11 is 1.63. The average Bonchev–Trinajstić information content (AvgIpc) is 3.35. The summed E-state index contributed by atoms with van der Waals surface area (Å²) < 4.78 is 6.97. The van der Waals surface area contributed by atoms with E-state index in [-0.39, 0.29) is 0 Å². The molecule has 4 aromatic heterocycles. The molecule has 0 saturated heterocycles. The van der Waals surface area contributed by atoms with Crippen LogP contribution in [0.3, 0.4) is 0 Å². The van der Waals surface area contributed by atoms with E-state index < -0.39 is 0 Å². The van der Waals surface area contributed by atoms with Crippen LogP contribution in [0.15, 0.2) is 52.6 Å². The zero-order valence-corrected chi connectivity index (χ0v) is 14.2. The van der Waals surface area contributed by atoms with Crippen LogP contribution in [-0.2, 0) is 6.54 Å². The molecule has 4 heterocycles. The molecule has 0 bridgehead atoms. The Morgan fingerprint density at radius 3 is 3.00 bits per heavy atom. The van der Waals surface area contributed by atoms with Crippen molar-refractivity contribution in [3.63, 3.8) is 0 Å². The predicted molar refractivity (Wildman–Crippen MR) is 95.3 cm³/mol. The SMILES string of the molecule is Cc1cc(CNc2nccc(Nc3ccn(-c4cccs4)n3)n2)on1. The van der Waals surface area contributed by atoms with E-state index in [1.807, 2.05) is 47.4 Å². The number of hydrogen-bond donors (Lipinski definition) is 2. The topological polar surface area (TPSA) is 93.7 Å². The second-order valence-corrected chi connectivity index (χ2v) is 6.20. The molecule has 0 saturated carbocycles. The summed E-state index contributed by atoms with van der Waals surface area (Å²) in [5.74, 6) is 2.59. The van der Waals surface area contributed by atoms with Gasteiger partial charge in [0.15, 0.2) is 11.6 Å². The lowest BCUT2D eigenvalue weighted by Gasteiger charge is -2.05. The highest BCUT2D eigenvalue weighted by Crippen LogP contribution is 2.18.